The normalized spacial score (nSPS) is 10.3. The Kier molecular flexibility index (Phi) is 5.19. The molecule has 0 saturated carbocycles. The number of carbonyl (C=O) groups excluding carboxylic acids is 1. The molecule has 2 aromatic rings. The molecule has 0 fully saturated rings. The number of aryl methyl sites for hydroxylation is 1. The maximum Gasteiger partial charge on any atom is 0.257 e. The number of nitrogens with zero attached hydrogens (tertiary/aromatic N) is 1. The molecule has 1 heterocycles. The maximum absolute atomic E-state index is 12.3. The summed E-state index contributed by atoms with van der Waals surface area (Å²) in [5.74, 6) is 0.847. The molecule has 0 unspecified atom stereocenters. The molecule has 1 aromatic carbocycles. The minimum Gasteiger partial charge on any atom is -0.493 e. The van der Waals surface area contributed by atoms with Crippen LogP contribution in [0.15, 0.2) is 22.8 Å². The number of benzene rings is 1. The van der Waals surface area contributed by atoms with Crippen molar-refractivity contribution in [2.24, 2.45) is 0 Å². The number of ether oxygens (including phenoxy) is 2. The third-order valence-corrected chi connectivity index (χ3v) is 4.04. The van der Waals surface area contributed by atoms with Crippen LogP contribution in [0.2, 0.25) is 0 Å². The molecule has 0 spiro atoms. The number of nitrogens with one attached hydrogen (secondary N) is 1. The fourth-order valence-electron chi connectivity index (χ4n) is 1.72. The van der Waals surface area contributed by atoms with Crippen molar-refractivity contribution in [3.05, 3.63) is 33.2 Å². The van der Waals surface area contributed by atoms with Gasteiger partial charge < -0.3 is 9.47 Å². The van der Waals surface area contributed by atoms with Crippen LogP contribution >= 0.6 is 27.3 Å². The lowest BCUT2D eigenvalue weighted by atomic mass is 10.2. The molecule has 0 aliphatic carbocycles. The third-order valence-electron chi connectivity index (χ3n) is 2.62. The van der Waals surface area contributed by atoms with Crippen molar-refractivity contribution in [1.82, 2.24) is 4.98 Å². The fourth-order valence-corrected chi connectivity index (χ4v) is 2.93. The molecule has 5 nitrogen and oxygen atoms in total. The molecular formula is C14H15BrN2O3S. The lowest BCUT2D eigenvalue weighted by Crippen LogP contribution is -2.12. The summed E-state index contributed by atoms with van der Waals surface area (Å²) in [6, 6.07) is 3.34. The van der Waals surface area contributed by atoms with Crippen LogP contribution < -0.4 is 14.8 Å². The second-order valence-corrected chi connectivity index (χ2v) is 6.24. The van der Waals surface area contributed by atoms with Crippen LogP contribution in [-0.4, -0.2) is 24.6 Å². The number of aromatic nitrogens is 1. The highest BCUT2D eigenvalue weighted by Gasteiger charge is 2.16. The van der Waals surface area contributed by atoms with E-state index in [4.69, 9.17) is 9.47 Å². The van der Waals surface area contributed by atoms with Crippen molar-refractivity contribution in [2.45, 2.75) is 13.8 Å². The smallest absolute Gasteiger partial charge is 0.257 e. The highest BCUT2D eigenvalue weighted by molar-refractivity contribution is 9.10. The van der Waals surface area contributed by atoms with E-state index in [1.807, 2.05) is 13.8 Å². The lowest BCUT2D eigenvalue weighted by Gasteiger charge is -2.13. The van der Waals surface area contributed by atoms with Gasteiger partial charge >= 0.3 is 0 Å². The van der Waals surface area contributed by atoms with Crippen molar-refractivity contribution in [3.63, 3.8) is 0 Å². The average molecular weight is 371 g/mol. The highest BCUT2D eigenvalue weighted by Crippen LogP contribution is 2.36. The average Bonchev–Trinajstić information content (AvgIpc) is 2.86. The number of thiazole rings is 1. The van der Waals surface area contributed by atoms with E-state index in [-0.39, 0.29) is 5.91 Å². The quantitative estimate of drug-likeness (QED) is 0.867. The van der Waals surface area contributed by atoms with Gasteiger partial charge in [0, 0.05) is 16.6 Å². The van der Waals surface area contributed by atoms with Crippen molar-refractivity contribution in [1.29, 1.82) is 0 Å². The topological polar surface area (TPSA) is 60.5 Å². The summed E-state index contributed by atoms with van der Waals surface area (Å²) < 4.78 is 11.4. The molecule has 0 aliphatic heterocycles. The van der Waals surface area contributed by atoms with Gasteiger partial charge in [-0.05, 0) is 41.9 Å². The maximum atomic E-state index is 12.3. The van der Waals surface area contributed by atoms with E-state index in [0.29, 0.717) is 33.3 Å². The number of methoxy groups -OCH3 is 1. The van der Waals surface area contributed by atoms with E-state index in [1.165, 1.54) is 18.4 Å². The zero-order valence-electron chi connectivity index (χ0n) is 11.9. The first-order chi connectivity index (χ1) is 10.0. The first-order valence-corrected chi connectivity index (χ1v) is 7.90. The van der Waals surface area contributed by atoms with Gasteiger partial charge in [0.2, 0.25) is 0 Å². The standard InChI is InChI=1S/C14H15BrN2O3S/c1-4-20-12-10(15)5-9(6-11(12)19-3)13(18)17-14-16-7-8(2)21-14/h5-7H,4H2,1-3H3,(H,16,17,18). The lowest BCUT2D eigenvalue weighted by molar-refractivity contribution is 0.102. The van der Waals surface area contributed by atoms with Crippen LogP contribution in [0, 0.1) is 6.92 Å². The van der Waals surface area contributed by atoms with Crippen LogP contribution in [0.4, 0.5) is 5.13 Å². The zero-order chi connectivity index (χ0) is 15.4. The number of halogens is 1. The van der Waals surface area contributed by atoms with E-state index in [1.54, 1.807) is 18.3 Å². The number of rotatable bonds is 5. The van der Waals surface area contributed by atoms with Crippen molar-refractivity contribution < 1.29 is 14.3 Å². The van der Waals surface area contributed by atoms with Crippen LogP contribution in [-0.2, 0) is 0 Å². The fraction of sp³-hybridized carbons (Fsp3) is 0.286. The zero-order valence-corrected chi connectivity index (χ0v) is 14.3. The van der Waals surface area contributed by atoms with Crippen LogP contribution in [0.3, 0.4) is 0 Å². The van der Waals surface area contributed by atoms with Gasteiger partial charge in [-0.1, -0.05) is 0 Å². The van der Waals surface area contributed by atoms with Gasteiger partial charge in [-0.25, -0.2) is 4.98 Å². The number of hydrogen-bond acceptors (Lipinski definition) is 5. The van der Waals surface area contributed by atoms with E-state index in [2.05, 4.69) is 26.2 Å². The number of anilines is 1. The summed E-state index contributed by atoms with van der Waals surface area (Å²) in [4.78, 5) is 17.4. The summed E-state index contributed by atoms with van der Waals surface area (Å²) in [5.41, 5.74) is 0.468. The van der Waals surface area contributed by atoms with Crippen LogP contribution in [0.5, 0.6) is 11.5 Å². The molecule has 0 aliphatic rings. The molecule has 2 rings (SSSR count). The number of amides is 1. The second-order valence-electron chi connectivity index (χ2n) is 4.15. The Morgan fingerprint density at radius 1 is 1.48 bits per heavy atom. The molecular weight excluding hydrogens is 356 g/mol. The Bertz CT molecular complexity index is 658. The minimum absolute atomic E-state index is 0.244. The van der Waals surface area contributed by atoms with Gasteiger partial charge in [0.1, 0.15) is 0 Å². The Balaban J connectivity index is 2.27. The van der Waals surface area contributed by atoms with Gasteiger partial charge in [-0.3, -0.25) is 10.1 Å². The van der Waals surface area contributed by atoms with Crippen LogP contribution in [0.25, 0.3) is 0 Å². The summed E-state index contributed by atoms with van der Waals surface area (Å²) in [6.45, 7) is 4.33. The molecule has 7 heteroatoms. The second kappa shape index (κ2) is 6.91. The van der Waals surface area contributed by atoms with E-state index >= 15 is 0 Å². The highest BCUT2D eigenvalue weighted by atomic mass is 79.9. The Morgan fingerprint density at radius 2 is 2.24 bits per heavy atom. The summed E-state index contributed by atoms with van der Waals surface area (Å²) >= 11 is 4.83. The molecule has 112 valence electrons. The summed E-state index contributed by atoms with van der Waals surface area (Å²) in [7, 11) is 1.54. The summed E-state index contributed by atoms with van der Waals surface area (Å²) in [6.07, 6.45) is 1.72. The summed E-state index contributed by atoms with van der Waals surface area (Å²) in [5, 5.41) is 3.33. The van der Waals surface area contributed by atoms with Crippen molar-refractivity contribution in [2.75, 3.05) is 19.0 Å². The third kappa shape index (κ3) is 3.74. The Morgan fingerprint density at radius 3 is 2.81 bits per heavy atom. The van der Waals surface area contributed by atoms with E-state index in [9.17, 15) is 4.79 Å². The monoisotopic (exact) mass is 370 g/mol. The van der Waals surface area contributed by atoms with Gasteiger partial charge in [0.25, 0.3) is 5.91 Å². The minimum atomic E-state index is -0.244. The molecule has 0 radical (unpaired) electrons. The predicted molar refractivity (Wildman–Crippen MR) is 86.7 cm³/mol. The van der Waals surface area contributed by atoms with Gasteiger partial charge in [0.15, 0.2) is 16.6 Å². The van der Waals surface area contributed by atoms with Crippen molar-refractivity contribution in [3.8, 4) is 11.5 Å². The molecule has 21 heavy (non-hydrogen) atoms. The van der Waals surface area contributed by atoms with E-state index < -0.39 is 0 Å². The molecule has 0 bridgehead atoms. The molecule has 1 N–H and O–H groups in total. The largest absolute Gasteiger partial charge is 0.493 e. The number of carbonyl (C=O) groups is 1. The van der Waals surface area contributed by atoms with Crippen molar-refractivity contribution >= 4 is 38.3 Å². The SMILES string of the molecule is CCOc1c(Br)cc(C(=O)Nc2ncc(C)s2)cc1OC. The van der Waals surface area contributed by atoms with Gasteiger partial charge in [-0.2, -0.15) is 0 Å². The van der Waals surface area contributed by atoms with Gasteiger partial charge in [-0.15, -0.1) is 11.3 Å². The first kappa shape index (κ1) is 15.8. The molecule has 1 aromatic heterocycles. The Labute approximate surface area is 135 Å². The molecule has 0 atom stereocenters. The number of hydrogen-bond donors (Lipinski definition) is 1. The van der Waals surface area contributed by atoms with Gasteiger partial charge in [0.05, 0.1) is 18.2 Å². The van der Waals surface area contributed by atoms with Crippen LogP contribution in [0.1, 0.15) is 22.2 Å². The molecule has 0 saturated heterocycles. The Hall–Kier alpha value is -1.60. The van der Waals surface area contributed by atoms with E-state index in [0.717, 1.165) is 4.88 Å². The first-order valence-electron chi connectivity index (χ1n) is 6.29. The predicted octanol–water partition coefficient (Wildman–Crippen LogP) is 3.87. The molecule has 1 amide bonds.